The van der Waals surface area contributed by atoms with E-state index in [4.69, 9.17) is 0 Å². The van der Waals surface area contributed by atoms with Crippen molar-refractivity contribution >= 4 is 11.7 Å². The minimum absolute atomic E-state index is 0.204. The van der Waals surface area contributed by atoms with Crippen LogP contribution in [0.25, 0.3) is 0 Å². The lowest BCUT2D eigenvalue weighted by Gasteiger charge is -2.60. The highest BCUT2D eigenvalue weighted by Gasteiger charge is 2.56. The SMILES string of the molecule is CC(C)(C)C(=O)C1CC2(C1)CN(C(=O)C1CCN(C(C)(C)C)CC1)C2. The number of carbonyl (C=O) groups is 2. The second-order valence-corrected chi connectivity index (χ2v) is 10.8. The number of Topliss-reactive ketones (excluding diaryl/α,β-unsaturated/α-hetero) is 1. The van der Waals surface area contributed by atoms with E-state index in [1.54, 1.807) is 0 Å². The van der Waals surface area contributed by atoms with Crippen LogP contribution in [0.15, 0.2) is 0 Å². The second-order valence-electron chi connectivity index (χ2n) is 10.8. The van der Waals surface area contributed by atoms with Crippen LogP contribution in [0, 0.1) is 22.7 Å². The summed E-state index contributed by atoms with van der Waals surface area (Å²) in [6.07, 6.45) is 3.97. The van der Waals surface area contributed by atoms with Crippen LogP contribution in [-0.2, 0) is 9.59 Å². The Morgan fingerprint density at radius 2 is 1.40 bits per heavy atom. The minimum atomic E-state index is -0.230. The molecule has 0 aromatic carbocycles. The molecular weight excluding hydrogens is 312 g/mol. The van der Waals surface area contributed by atoms with E-state index < -0.39 is 0 Å². The molecule has 3 rings (SSSR count). The fraction of sp³-hybridized carbons (Fsp3) is 0.905. The summed E-state index contributed by atoms with van der Waals surface area (Å²) in [5.74, 6) is 1.21. The molecule has 1 aliphatic carbocycles. The summed E-state index contributed by atoms with van der Waals surface area (Å²) in [6, 6.07) is 0. The Kier molecular flexibility index (Phi) is 4.59. The molecule has 0 aromatic heterocycles. The molecule has 142 valence electrons. The van der Waals surface area contributed by atoms with Gasteiger partial charge in [0.05, 0.1) is 0 Å². The lowest BCUT2D eigenvalue weighted by atomic mass is 9.54. The van der Waals surface area contributed by atoms with Gasteiger partial charge >= 0.3 is 0 Å². The molecule has 1 amide bonds. The number of nitrogens with zero attached hydrogens (tertiary/aromatic N) is 2. The van der Waals surface area contributed by atoms with Crippen molar-refractivity contribution in [2.24, 2.45) is 22.7 Å². The molecule has 1 spiro atoms. The van der Waals surface area contributed by atoms with E-state index in [9.17, 15) is 9.59 Å². The Hall–Kier alpha value is -0.900. The van der Waals surface area contributed by atoms with Gasteiger partial charge in [-0.05, 0) is 59.5 Å². The third kappa shape index (κ3) is 3.65. The average Bonchev–Trinajstić information content (AvgIpc) is 2.42. The van der Waals surface area contributed by atoms with Crippen LogP contribution in [0.3, 0.4) is 0 Å². The number of rotatable bonds is 2. The first-order chi connectivity index (χ1) is 11.4. The molecule has 25 heavy (non-hydrogen) atoms. The van der Waals surface area contributed by atoms with Gasteiger partial charge in [-0.2, -0.15) is 0 Å². The predicted octanol–water partition coefficient (Wildman–Crippen LogP) is 3.35. The Balaban J connectivity index is 1.44. The Labute approximate surface area is 153 Å². The number of amides is 1. The zero-order valence-electron chi connectivity index (χ0n) is 17.0. The van der Waals surface area contributed by atoms with Gasteiger partial charge in [0.15, 0.2) is 0 Å². The van der Waals surface area contributed by atoms with Crippen molar-refractivity contribution in [3.63, 3.8) is 0 Å². The zero-order chi connectivity index (χ0) is 18.6. The highest BCUT2D eigenvalue weighted by molar-refractivity contribution is 5.87. The summed E-state index contributed by atoms with van der Waals surface area (Å²) < 4.78 is 0. The molecule has 2 aliphatic heterocycles. The van der Waals surface area contributed by atoms with Gasteiger partial charge in [-0.15, -0.1) is 0 Å². The third-order valence-corrected chi connectivity index (χ3v) is 6.63. The largest absolute Gasteiger partial charge is 0.341 e. The molecule has 0 unspecified atom stereocenters. The summed E-state index contributed by atoms with van der Waals surface area (Å²) in [4.78, 5) is 29.7. The smallest absolute Gasteiger partial charge is 0.225 e. The van der Waals surface area contributed by atoms with Crippen LogP contribution in [0.4, 0.5) is 0 Å². The Bertz CT molecular complexity index is 533. The fourth-order valence-electron chi connectivity index (χ4n) is 5.02. The first kappa shape index (κ1) is 18.9. The number of carbonyl (C=O) groups excluding carboxylic acids is 2. The van der Waals surface area contributed by atoms with E-state index in [0.717, 1.165) is 51.9 Å². The van der Waals surface area contributed by atoms with Crippen molar-refractivity contribution in [3.8, 4) is 0 Å². The quantitative estimate of drug-likeness (QED) is 0.768. The number of piperidine rings is 1. The van der Waals surface area contributed by atoms with Crippen LogP contribution in [0.1, 0.15) is 67.2 Å². The van der Waals surface area contributed by atoms with E-state index in [1.165, 1.54) is 0 Å². The first-order valence-corrected chi connectivity index (χ1v) is 9.99. The van der Waals surface area contributed by atoms with Gasteiger partial charge in [0, 0.05) is 41.3 Å². The molecule has 0 aromatic rings. The van der Waals surface area contributed by atoms with Crippen LogP contribution < -0.4 is 0 Å². The van der Waals surface area contributed by atoms with Crippen molar-refractivity contribution in [3.05, 3.63) is 0 Å². The average molecular weight is 349 g/mol. The molecule has 4 heteroatoms. The van der Waals surface area contributed by atoms with Gasteiger partial charge in [0.2, 0.25) is 5.91 Å². The van der Waals surface area contributed by atoms with Crippen molar-refractivity contribution in [1.82, 2.24) is 9.80 Å². The van der Waals surface area contributed by atoms with E-state index in [0.29, 0.717) is 11.7 Å². The van der Waals surface area contributed by atoms with E-state index in [-0.39, 0.29) is 28.2 Å². The maximum Gasteiger partial charge on any atom is 0.225 e. The molecule has 3 fully saturated rings. The molecule has 2 saturated heterocycles. The molecular formula is C21H36N2O2. The Morgan fingerprint density at radius 1 is 0.880 bits per heavy atom. The van der Waals surface area contributed by atoms with Crippen LogP contribution in [0.5, 0.6) is 0 Å². The van der Waals surface area contributed by atoms with Gasteiger partial charge in [-0.25, -0.2) is 0 Å². The monoisotopic (exact) mass is 348 g/mol. The normalized spacial score (nSPS) is 25.6. The highest BCUT2D eigenvalue weighted by Crippen LogP contribution is 2.54. The number of hydrogen-bond donors (Lipinski definition) is 0. The summed E-state index contributed by atoms with van der Waals surface area (Å²) in [7, 11) is 0. The van der Waals surface area contributed by atoms with Crippen molar-refractivity contribution in [2.75, 3.05) is 26.2 Å². The lowest BCUT2D eigenvalue weighted by molar-refractivity contribution is -0.166. The molecule has 0 radical (unpaired) electrons. The van der Waals surface area contributed by atoms with Gasteiger partial charge in [0.1, 0.15) is 5.78 Å². The van der Waals surface area contributed by atoms with Crippen LogP contribution in [-0.4, -0.2) is 53.2 Å². The molecule has 3 aliphatic rings. The van der Waals surface area contributed by atoms with Gasteiger partial charge < -0.3 is 4.90 Å². The van der Waals surface area contributed by atoms with Crippen molar-refractivity contribution < 1.29 is 9.59 Å². The standard InChI is InChI=1S/C21H36N2O2/c1-19(2,3)17(24)16-11-21(12-16)13-22(14-21)18(25)15-7-9-23(10-8-15)20(4,5)6/h15-16H,7-14H2,1-6H3. The first-order valence-electron chi connectivity index (χ1n) is 9.99. The molecule has 4 nitrogen and oxygen atoms in total. The van der Waals surface area contributed by atoms with Gasteiger partial charge in [-0.1, -0.05) is 20.8 Å². The molecule has 0 N–H and O–H groups in total. The minimum Gasteiger partial charge on any atom is -0.341 e. The number of hydrogen-bond acceptors (Lipinski definition) is 3. The van der Waals surface area contributed by atoms with Crippen LogP contribution in [0.2, 0.25) is 0 Å². The molecule has 2 heterocycles. The summed E-state index contributed by atoms with van der Waals surface area (Å²) in [5, 5.41) is 0. The zero-order valence-corrected chi connectivity index (χ0v) is 17.0. The van der Waals surface area contributed by atoms with E-state index in [1.807, 2.05) is 20.8 Å². The van der Waals surface area contributed by atoms with E-state index >= 15 is 0 Å². The summed E-state index contributed by atoms with van der Waals surface area (Å²) in [5.41, 5.74) is 0.245. The van der Waals surface area contributed by atoms with Gasteiger partial charge in [0.25, 0.3) is 0 Å². The number of ketones is 1. The Morgan fingerprint density at radius 3 is 1.84 bits per heavy atom. The van der Waals surface area contributed by atoms with E-state index in [2.05, 4.69) is 30.6 Å². The summed E-state index contributed by atoms with van der Waals surface area (Å²) >= 11 is 0. The fourth-order valence-corrected chi connectivity index (χ4v) is 5.02. The molecule has 1 saturated carbocycles. The molecule has 0 atom stereocenters. The lowest BCUT2D eigenvalue weighted by Crippen LogP contribution is -2.66. The van der Waals surface area contributed by atoms with Crippen molar-refractivity contribution in [2.45, 2.75) is 72.8 Å². The van der Waals surface area contributed by atoms with Gasteiger partial charge in [-0.3, -0.25) is 14.5 Å². The third-order valence-electron chi connectivity index (χ3n) is 6.63. The maximum absolute atomic E-state index is 12.8. The topological polar surface area (TPSA) is 40.6 Å². The highest BCUT2D eigenvalue weighted by atomic mass is 16.2. The second kappa shape index (κ2) is 6.07. The van der Waals surface area contributed by atoms with Crippen molar-refractivity contribution in [1.29, 1.82) is 0 Å². The maximum atomic E-state index is 12.8. The number of likely N-dealkylation sites (tertiary alicyclic amines) is 2. The summed E-state index contributed by atoms with van der Waals surface area (Å²) in [6.45, 7) is 16.6. The van der Waals surface area contributed by atoms with Crippen LogP contribution >= 0.6 is 0 Å². The predicted molar refractivity (Wildman–Crippen MR) is 100 cm³/mol. The molecule has 0 bridgehead atoms.